The van der Waals surface area contributed by atoms with E-state index in [2.05, 4.69) is 10.3 Å². The van der Waals surface area contributed by atoms with Crippen LogP contribution in [0.2, 0.25) is 0 Å². The first-order valence-corrected chi connectivity index (χ1v) is 10.3. The molecule has 32 heavy (non-hydrogen) atoms. The van der Waals surface area contributed by atoms with E-state index in [1.54, 1.807) is 41.1 Å². The molecule has 160 valence electrons. The summed E-state index contributed by atoms with van der Waals surface area (Å²) in [6.45, 7) is 2.31. The maximum absolute atomic E-state index is 13.8. The maximum Gasteiger partial charge on any atom is 0.272 e. The first-order valence-electron chi connectivity index (χ1n) is 10.3. The van der Waals surface area contributed by atoms with Crippen LogP contribution in [0.25, 0.3) is 16.6 Å². The molecular formula is C25H20F2N4O. The van der Waals surface area contributed by atoms with Gasteiger partial charge in [0.15, 0.2) is 0 Å². The Kier molecular flexibility index (Phi) is 4.93. The molecule has 0 radical (unpaired) electrons. The number of rotatable bonds is 5. The molecule has 5 nitrogen and oxygen atoms in total. The highest BCUT2D eigenvalue weighted by atomic mass is 19.1. The van der Waals surface area contributed by atoms with E-state index in [1.807, 2.05) is 23.6 Å². The second-order valence-corrected chi connectivity index (χ2v) is 7.67. The highest BCUT2D eigenvalue weighted by molar-refractivity contribution is 6.06. The molecule has 0 saturated carbocycles. The standard InChI is InChI=1S/C25H20F2N4O/c1-2-20-14-30-15-21(7-9-24(30)28-20)29-25(32)23-12-17-11-19(27)6-8-22(17)31(23)13-16-4-3-5-18(26)10-16/h3-12,14-15H,2,13H2,1H3,(H,29,32). The van der Waals surface area contributed by atoms with Gasteiger partial charge in [-0.15, -0.1) is 0 Å². The van der Waals surface area contributed by atoms with Crippen molar-refractivity contribution in [3.05, 3.63) is 102 Å². The second-order valence-electron chi connectivity index (χ2n) is 7.67. The molecule has 5 aromatic rings. The Labute approximate surface area is 182 Å². The molecule has 0 unspecified atom stereocenters. The van der Waals surface area contributed by atoms with Gasteiger partial charge in [-0.25, -0.2) is 13.8 Å². The van der Waals surface area contributed by atoms with E-state index >= 15 is 0 Å². The average molecular weight is 430 g/mol. The molecule has 0 aliphatic carbocycles. The van der Waals surface area contributed by atoms with Gasteiger partial charge < -0.3 is 14.3 Å². The predicted octanol–water partition coefficient (Wildman–Crippen LogP) is 5.43. The lowest BCUT2D eigenvalue weighted by atomic mass is 10.2. The Balaban J connectivity index is 1.52. The topological polar surface area (TPSA) is 51.3 Å². The number of pyridine rings is 1. The van der Waals surface area contributed by atoms with Gasteiger partial charge in [0.25, 0.3) is 5.91 Å². The van der Waals surface area contributed by atoms with E-state index in [1.165, 1.54) is 24.3 Å². The average Bonchev–Trinajstić information content (AvgIpc) is 3.34. The third-order valence-corrected chi connectivity index (χ3v) is 5.45. The van der Waals surface area contributed by atoms with Crippen molar-refractivity contribution in [3.8, 4) is 0 Å². The molecule has 0 atom stereocenters. The molecule has 1 N–H and O–H groups in total. The first kappa shape index (κ1) is 19.9. The van der Waals surface area contributed by atoms with E-state index in [0.29, 0.717) is 27.8 Å². The number of aromatic nitrogens is 3. The number of carbonyl (C=O) groups is 1. The molecule has 0 saturated heterocycles. The molecule has 0 spiro atoms. The smallest absolute Gasteiger partial charge is 0.272 e. The van der Waals surface area contributed by atoms with Gasteiger partial charge in [0.2, 0.25) is 0 Å². The number of benzene rings is 2. The van der Waals surface area contributed by atoms with Gasteiger partial charge in [-0.05, 0) is 60.5 Å². The number of imidazole rings is 1. The van der Waals surface area contributed by atoms with Gasteiger partial charge in [0.05, 0.1) is 11.4 Å². The molecular weight excluding hydrogens is 410 g/mol. The van der Waals surface area contributed by atoms with Crippen LogP contribution < -0.4 is 5.32 Å². The zero-order valence-electron chi connectivity index (χ0n) is 17.3. The number of nitrogens with zero attached hydrogens (tertiary/aromatic N) is 3. The SMILES string of the molecule is CCc1cn2cc(NC(=O)c3cc4cc(F)ccc4n3Cc3cccc(F)c3)ccc2n1. The fourth-order valence-corrected chi connectivity index (χ4v) is 3.90. The number of fused-ring (bicyclic) bond motifs is 2. The summed E-state index contributed by atoms with van der Waals surface area (Å²) in [5.74, 6) is -1.08. The highest BCUT2D eigenvalue weighted by Crippen LogP contribution is 2.24. The van der Waals surface area contributed by atoms with Gasteiger partial charge in [0, 0.05) is 29.8 Å². The summed E-state index contributed by atoms with van der Waals surface area (Å²) in [6.07, 6.45) is 4.55. The summed E-state index contributed by atoms with van der Waals surface area (Å²) in [4.78, 5) is 17.7. The summed E-state index contributed by atoms with van der Waals surface area (Å²) in [7, 11) is 0. The number of carbonyl (C=O) groups excluding carboxylic acids is 1. The molecule has 0 fully saturated rings. The van der Waals surface area contributed by atoms with E-state index in [-0.39, 0.29) is 24.1 Å². The lowest BCUT2D eigenvalue weighted by molar-refractivity contribution is 0.101. The minimum atomic E-state index is -0.385. The number of hydrogen-bond acceptors (Lipinski definition) is 2. The quantitative estimate of drug-likeness (QED) is 0.404. The van der Waals surface area contributed by atoms with Crippen LogP contribution in [0.4, 0.5) is 14.5 Å². The van der Waals surface area contributed by atoms with Crippen molar-refractivity contribution >= 4 is 28.1 Å². The minimum Gasteiger partial charge on any atom is -0.332 e. The molecule has 3 heterocycles. The zero-order valence-corrected chi connectivity index (χ0v) is 17.3. The molecule has 7 heteroatoms. The highest BCUT2D eigenvalue weighted by Gasteiger charge is 2.17. The fraction of sp³-hybridized carbons (Fsp3) is 0.120. The molecule has 0 aliphatic rings. The summed E-state index contributed by atoms with van der Waals surface area (Å²) in [5, 5.41) is 3.52. The third-order valence-electron chi connectivity index (χ3n) is 5.45. The van der Waals surface area contributed by atoms with Gasteiger partial charge in [-0.2, -0.15) is 0 Å². The zero-order chi connectivity index (χ0) is 22.2. The Morgan fingerprint density at radius 3 is 2.66 bits per heavy atom. The number of halogens is 2. The summed E-state index contributed by atoms with van der Waals surface area (Å²) >= 11 is 0. The van der Waals surface area contributed by atoms with Gasteiger partial charge >= 0.3 is 0 Å². The number of hydrogen-bond donors (Lipinski definition) is 1. The van der Waals surface area contributed by atoms with E-state index in [0.717, 1.165) is 17.8 Å². The normalized spacial score (nSPS) is 11.3. The number of amides is 1. The summed E-state index contributed by atoms with van der Waals surface area (Å²) < 4.78 is 31.2. The lowest BCUT2D eigenvalue weighted by Crippen LogP contribution is -2.17. The molecule has 0 bridgehead atoms. The van der Waals surface area contributed by atoms with Crippen molar-refractivity contribution in [2.75, 3.05) is 5.32 Å². The molecule has 5 rings (SSSR count). The predicted molar refractivity (Wildman–Crippen MR) is 120 cm³/mol. The third kappa shape index (κ3) is 3.73. The van der Waals surface area contributed by atoms with Gasteiger partial charge in [0.1, 0.15) is 23.0 Å². The largest absolute Gasteiger partial charge is 0.332 e. The van der Waals surface area contributed by atoms with Crippen LogP contribution in [0, 0.1) is 11.6 Å². The van der Waals surface area contributed by atoms with Crippen molar-refractivity contribution in [2.24, 2.45) is 0 Å². The van der Waals surface area contributed by atoms with Crippen molar-refractivity contribution in [1.29, 1.82) is 0 Å². The monoisotopic (exact) mass is 430 g/mol. The lowest BCUT2D eigenvalue weighted by Gasteiger charge is -2.12. The van der Waals surface area contributed by atoms with E-state index in [4.69, 9.17) is 0 Å². The number of nitrogens with one attached hydrogen (secondary N) is 1. The van der Waals surface area contributed by atoms with Crippen molar-refractivity contribution < 1.29 is 13.6 Å². The first-order chi connectivity index (χ1) is 15.5. The van der Waals surface area contributed by atoms with Crippen molar-refractivity contribution in [1.82, 2.24) is 14.0 Å². The fourth-order valence-electron chi connectivity index (χ4n) is 3.90. The van der Waals surface area contributed by atoms with Crippen molar-refractivity contribution in [3.63, 3.8) is 0 Å². The number of aryl methyl sites for hydroxylation is 1. The number of anilines is 1. The van der Waals surface area contributed by atoms with E-state index < -0.39 is 0 Å². The molecule has 0 aliphatic heterocycles. The van der Waals surface area contributed by atoms with Crippen LogP contribution >= 0.6 is 0 Å². The van der Waals surface area contributed by atoms with Gasteiger partial charge in [-0.3, -0.25) is 4.79 Å². The van der Waals surface area contributed by atoms with Crippen LogP contribution in [0.5, 0.6) is 0 Å². The summed E-state index contributed by atoms with van der Waals surface area (Å²) in [6, 6.07) is 15.9. The Bertz CT molecular complexity index is 1470. The van der Waals surface area contributed by atoms with Gasteiger partial charge in [-0.1, -0.05) is 19.1 Å². The molecule has 2 aromatic carbocycles. The minimum absolute atomic E-state index is 0.274. The Hall–Kier alpha value is -4.00. The maximum atomic E-state index is 13.8. The van der Waals surface area contributed by atoms with Crippen LogP contribution in [0.3, 0.4) is 0 Å². The van der Waals surface area contributed by atoms with Crippen molar-refractivity contribution in [2.45, 2.75) is 19.9 Å². The second kappa shape index (κ2) is 7.92. The molecule has 1 amide bonds. The Morgan fingerprint density at radius 2 is 1.84 bits per heavy atom. The molecule has 3 aromatic heterocycles. The van der Waals surface area contributed by atoms with Crippen LogP contribution in [-0.4, -0.2) is 19.9 Å². The van der Waals surface area contributed by atoms with Crippen LogP contribution in [0.15, 0.2) is 73.1 Å². The summed E-state index contributed by atoms with van der Waals surface area (Å²) in [5.41, 5.74) is 4.12. The van der Waals surface area contributed by atoms with E-state index in [9.17, 15) is 13.6 Å². The Morgan fingerprint density at radius 1 is 1.00 bits per heavy atom. The van der Waals surface area contributed by atoms with Crippen LogP contribution in [-0.2, 0) is 13.0 Å². The van der Waals surface area contributed by atoms with Crippen LogP contribution in [0.1, 0.15) is 28.7 Å².